The Morgan fingerprint density at radius 2 is 2.00 bits per heavy atom. The fourth-order valence-corrected chi connectivity index (χ4v) is 1.73. The van der Waals surface area contributed by atoms with E-state index < -0.39 is 17.6 Å². The molecule has 0 atom stereocenters. The maximum atomic E-state index is 12.7. The zero-order chi connectivity index (χ0) is 13.6. The van der Waals surface area contributed by atoms with Crippen LogP contribution in [-0.4, -0.2) is 22.7 Å². The van der Waals surface area contributed by atoms with Gasteiger partial charge in [-0.25, -0.2) is 0 Å². The maximum absolute atomic E-state index is 12.7. The molecule has 0 spiro atoms. The van der Waals surface area contributed by atoms with E-state index in [1.165, 1.54) is 12.1 Å². The van der Waals surface area contributed by atoms with Gasteiger partial charge in [-0.15, -0.1) is 0 Å². The second-order valence-electron chi connectivity index (χ2n) is 4.51. The first-order chi connectivity index (χ1) is 8.27. The highest BCUT2D eigenvalue weighted by Gasteiger charge is 2.64. The zero-order valence-corrected chi connectivity index (χ0v) is 9.64. The standard InChI is InChI=1S/C12H12F3NO2/c1-7-3-2-4-8(9(7)17)10(18)16-11(5-6-11)12(13,14)15/h2-4,17H,5-6H2,1H3,(H,16,18). The monoisotopic (exact) mass is 259 g/mol. The van der Waals surface area contributed by atoms with Crippen molar-refractivity contribution in [2.45, 2.75) is 31.5 Å². The molecule has 6 heteroatoms. The van der Waals surface area contributed by atoms with E-state index in [4.69, 9.17) is 0 Å². The highest BCUT2D eigenvalue weighted by atomic mass is 19.4. The van der Waals surface area contributed by atoms with Crippen molar-refractivity contribution in [2.24, 2.45) is 0 Å². The van der Waals surface area contributed by atoms with Crippen LogP contribution in [0.4, 0.5) is 13.2 Å². The summed E-state index contributed by atoms with van der Waals surface area (Å²) in [6.07, 6.45) is -4.69. The van der Waals surface area contributed by atoms with Crippen LogP contribution in [0.25, 0.3) is 0 Å². The molecule has 0 radical (unpaired) electrons. The number of hydrogen-bond donors (Lipinski definition) is 2. The predicted molar refractivity (Wildman–Crippen MR) is 58.3 cm³/mol. The Kier molecular flexibility index (Phi) is 2.76. The Morgan fingerprint density at radius 3 is 2.50 bits per heavy atom. The van der Waals surface area contributed by atoms with Gasteiger partial charge < -0.3 is 10.4 Å². The van der Waals surface area contributed by atoms with E-state index >= 15 is 0 Å². The third-order valence-electron chi connectivity index (χ3n) is 3.13. The Bertz CT molecular complexity index is 493. The second-order valence-corrected chi connectivity index (χ2v) is 4.51. The number of aryl methyl sites for hydroxylation is 1. The number of phenols is 1. The molecule has 0 unspecified atom stereocenters. The summed E-state index contributed by atoms with van der Waals surface area (Å²) in [7, 11) is 0. The maximum Gasteiger partial charge on any atom is 0.411 e. The average Bonchev–Trinajstić information content (AvgIpc) is 3.02. The molecule has 2 N–H and O–H groups in total. The van der Waals surface area contributed by atoms with E-state index in [0.29, 0.717) is 5.56 Å². The molecule has 1 amide bonds. The van der Waals surface area contributed by atoms with E-state index in [1.807, 2.05) is 5.32 Å². The summed E-state index contributed by atoms with van der Waals surface area (Å²) in [6.45, 7) is 1.57. The van der Waals surface area contributed by atoms with Crippen molar-refractivity contribution < 1.29 is 23.1 Å². The molecule has 0 heterocycles. The topological polar surface area (TPSA) is 49.3 Å². The summed E-state index contributed by atoms with van der Waals surface area (Å²) in [4.78, 5) is 11.7. The van der Waals surface area contributed by atoms with E-state index in [9.17, 15) is 23.1 Å². The number of phenolic OH excluding ortho intramolecular Hbond substituents is 1. The minimum Gasteiger partial charge on any atom is -0.507 e. The van der Waals surface area contributed by atoms with E-state index in [-0.39, 0.29) is 24.2 Å². The first kappa shape index (κ1) is 12.7. The van der Waals surface area contributed by atoms with Gasteiger partial charge in [0.1, 0.15) is 11.3 Å². The molecule has 18 heavy (non-hydrogen) atoms. The SMILES string of the molecule is Cc1cccc(C(=O)NC2(C(F)(F)F)CC2)c1O. The highest BCUT2D eigenvalue weighted by molar-refractivity contribution is 5.97. The first-order valence-electron chi connectivity index (χ1n) is 5.45. The van der Waals surface area contributed by atoms with Crippen LogP contribution in [-0.2, 0) is 0 Å². The number of benzene rings is 1. The lowest BCUT2D eigenvalue weighted by molar-refractivity contribution is -0.163. The number of rotatable bonds is 2. The van der Waals surface area contributed by atoms with Crippen molar-refractivity contribution in [3.63, 3.8) is 0 Å². The van der Waals surface area contributed by atoms with Gasteiger partial charge in [0.25, 0.3) is 5.91 Å². The van der Waals surface area contributed by atoms with E-state index in [0.717, 1.165) is 0 Å². The van der Waals surface area contributed by atoms with Gasteiger partial charge in [0.2, 0.25) is 0 Å². The summed E-state index contributed by atoms with van der Waals surface area (Å²) in [5, 5.41) is 11.6. The summed E-state index contributed by atoms with van der Waals surface area (Å²) >= 11 is 0. The molecule has 2 rings (SSSR count). The number of nitrogens with one attached hydrogen (secondary N) is 1. The molecule has 1 aromatic rings. The van der Waals surface area contributed by atoms with Gasteiger partial charge in [0.05, 0.1) is 5.56 Å². The largest absolute Gasteiger partial charge is 0.507 e. The van der Waals surface area contributed by atoms with Gasteiger partial charge in [0, 0.05) is 0 Å². The average molecular weight is 259 g/mol. The number of alkyl halides is 3. The lowest BCUT2D eigenvalue weighted by atomic mass is 10.1. The molecule has 1 fully saturated rings. The van der Waals surface area contributed by atoms with Crippen LogP contribution in [0.2, 0.25) is 0 Å². The minimum absolute atomic E-state index is 0.116. The molecule has 1 aliphatic carbocycles. The summed E-state index contributed by atoms with van der Waals surface area (Å²) < 4.78 is 38.0. The fourth-order valence-electron chi connectivity index (χ4n) is 1.73. The van der Waals surface area contributed by atoms with Gasteiger partial charge in [0.15, 0.2) is 0 Å². The Hall–Kier alpha value is -1.72. The Labute approximate surface area is 102 Å². The molecular formula is C12H12F3NO2. The van der Waals surface area contributed by atoms with Crippen LogP contribution in [0.15, 0.2) is 18.2 Å². The van der Waals surface area contributed by atoms with Crippen molar-refractivity contribution in [3.8, 4) is 5.75 Å². The predicted octanol–water partition coefficient (Wildman–Crippen LogP) is 2.53. The molecule has 98 valence electrons. The van der Waals surface area contributed by atoms with Crippen molar-refractivity contribution in [3.05, 3.63) is 29.3 Å². The van der Waals surface area contributed by atoms with Crippen LogP contribution < -0.4 is 5.32 Å². The summed E-state index contributed by atoms with van der Waals surface area (Å²) in [5.74, 6) is -1.18. The van der Waals surface area contributed by atoms with Crippen LogP contribution in [0.1, 0.15) is 28.8 Å². The van der Waals surface area contributed by atoms with Gasteiger partial charge in [-0.2, -0.15) is 13.2 Å². The lowest BCUT2D eigenvalue weighted by Gasteiger charge is -2.21. The zero-order valence-electron chi connectivity index (χ0n) is 9.64. The molecule has 1 aliphatic rings. The number of amides is 1. The minimum atomic E-state index is -4.46. The molecular weight excluding hydrogens is 247 g/mol. The molecule has 1 saturated carbocycles. The van der Waals surface area contributed by atoms with Gasteiger partial charge in [-0.1, -0.05) is 12.1 Å². The fraction of sp³-hybridized carbons (Fsp3) is 0.417. The molecule has 0 saturated heterocycles. The number of aromatic hydroxyl groups is 1. The van der Waals surface area contributed by atoms with Crippen molar-refractivity contribution in [1.82, 2.24) is 5.32 Å². The van der Waals surface area contributed by atoms with E-state index in [2.05, 4.69) is 0 Å². The number of para-hydroxylation sites is 1. The van der Waals surface area contributed by atoms with Gasteiger partial charge in [-0.3, -0.25) is 4.79 Å². The quantitative estimate of drug-likeness (QED) is 0.857. The van der Waals surface area contributed by atoms with Crippen LogP contribution in [0, 0.1) is 6.92 Å². The van der Waals surface area contributed by atoms with Gasteiger partial charge >= 0.3 is 6.18 Å². The normalized spacial score (nSPS) is 17.3. The number of carbonyl (C=O) groups excluding carboxylic acids is 1. The van der Waals surface area contributed by atoms with E-state index in [1.54, 1.807) is 13.0 Å². The highest BCUT2D eigenvalue weighted by Crippen LogP contribution is 2.49. The van der Waals surface area contributed by atoms with Crippen LogP contribution in [0.3, 0.4) is 0 Å². The summed E-state index contributed by atoms with van der Waals surface area (Å²) in [5.41, 5.74) is -1.80. The van der Waals surface area contributed by atoms with Gasteiger partial charge in [-0.05, 0) is 31.4 Å². The smallest absolute Gasteiger partial charge is 0.411 e. The number of hydrogen-bond acceptors (Lipinski definition) is 2. The molecule has 1 aromatic carbocycles. The molecule has 0 aliphatic heterocycles. The molecule has 0 aromatic heterocycles. The number of halogens is 3. The van der Waals surface area contributed by atoms with Crippen molar-refractivity contribution in [2.75, 3.05) is 0 Å². The second kappa shape index (κ2) is 3.90. The van der Waals surface area contributed by atoms with Crippen molar-refractivity contribution >= 4 is 5.91 Å². The summed E-state index contributed by atoms with van der Waals surface area (Å²) in [6, 6.07) is 4.38. The Balaban J connectivity index is 2.21. The van der Waals surface area contributed by atoms with Crippen LogP contribution in [0.5, 0.6) is 5.75 Å². The third kappa shape index (κ3) is 2.02. The third-order valence-corrected chi connectivity index (χ3v) is 3.13. The Morgan fingerprint density at radius 1 is 1.39 bits per heavy atom. The van der Waals surface area contributed by atoms with Crippen molar-refractivity contribution in [1.29, 1.82) is 0 Å². The number of carbonyl (C=O) groups is 1. The lowest BCUT2D eigenvalue weighted by Crippen LogP contribution is -2.47. The first-order valence-corrected chi connectivity index (χ1v) is 5.45. The molecule has 3 nitrogen and oxygen atoms in total. The molecule has 0 bridgehead atoms. The van der Waals surface area contributed by atoms with Crippen LogP contribution >= 0.6 is 0 Å².